The minimum atomic E-state index is -0.950. The Morgan fingerprint density at radius 1 is 1.41 bits per heavy atom. The first-order valence-electron chi connectivity index (χ1n) is 5.99. The van der Waals surface area contributed by atoms with Crippen LogP contribution in [0.2, 0.25) is 0 Å². The number of aromatic nitrogens is 1. The normalized spacial score (nSPS) is 11.7. The van der Waals surface area contributed by atoms with Crippen molar-refractivity contribution in [3.63, 3.8) is 0 Å². The molecule has 17 heavy (non-hydrogen) atoms. The van der Waals surface area contributed by atoms with Crippen LogP contribution >= 0.6 is 11.3 Å². The molecule has 5 heteroatoms. The molecule has 1 heterocycles. The summed E-state index contributed by atoms with van der Waals surface area (Å²) in [6.45, 7) is 7.15. The maximum absolute atomic E-state index is 10.7. The van der Waals surface area contributed by atoms with Crippen LogP contribution < -0.4 is 5.32 Å². The third-order valence-electron chi connectivity index (χ3n) is 3.41. The van der Waals surface area contributed by atoms with E-state index in [2.05, 4.69) is 31.1 Å². The molecule has 0 aliphatic heterocycles. The minimum absolute atomic E-state index is 0.146. The zero-order chi connectivity index (χ0) is 12.9. The summed E-state index contributed by atoms with van der Waals surface area (Å²) in [6, 6.07) is 0. The number of nitrogens with zero attached hydrogens (tertiary/aromatic N) is 1. The lowest BCUT2D eigenvalue weighted by Gasteiger charge is -2.31. The van der Waals surface area contributed by atoms with Gasteiger partial charge in [-0.25, -0.2) is 9.78 Å². The van der Waals surface area contributed by atoms with Crippen molar-refractivity contribution >= 4 is 17.3 Å². The summed E-state index contributed by atoms with van der Waals surface area (Å²) >= 11 is 1.18. The van der Waals surface area contributed by atoms with Crippen LogP contribution in [0.1, 0.15) is 55.5 Å². The van der Waals surface area contributed by atoms with Gasteiger partial charge >= 0.3 is 5.97 Å². The highest BCUT2D eigenvalue weighted by molar-refractivity contribution is 7.11. The Bertz CT molecular complexity index is 364. The average Bonchev–Trinajstić information content (AvgIpc) is 2.81. The van der Waals surface area contributed by atoms with Crippen LogP contribution in [0.4, 0.5) is 0 Å². The fourth-order valence-electron chi connectivity index (χ4n) is 1.89. The van der Waals surface area contributed by atoms with Gasteiger partial charge in [0.1, 0.15) is 0 Å². The number of carbonyl (C=O) groups is 1. The zero-order valence-corrected chi connectivity index (χ0v) is 11.4. The second-order valence-electron chi connectivity index (χ2n) is 4.14. The topological polar surface area (TPSA) is 62.2 Å². The van der Waals surface area contributed by atoms with E-state index >= 15 is 0 Å². The molecule has 96 valence electrons. The number of aromatic carboxylic acids is 1. The second kappa shape index (κ2) is 6.12. The first kappa shape index (κ1) is 14.1. The molecule has 0 aromatic carbocycles. The number of carboxylic acid groups (broad SMARTS) is 1. The predicted molar refractivity (Wildman–Crippen MR) is 69.5 cm³/mol. The van der Waals surface area contributed by atoms with Gasteiger partial charge in [0, 0.05) is 17.5 Å². The van der Waals surface area contributed by atoms with E-state index in [1.165, 1.54) is 11.3 Å². The van der Waals surface area contributed by atoms with Gasteiger partial charge in [0.15, 0.2) is 0 Å². The largest absolute Gasteiger partial charge is 0.476 e. The highest BCUT2D eigenvalue weighted by Gasteiger charge is 2.23. The molecule has 1 aromatic rings. The highest BCUT2D eigenvalue weighted by Crippen LogP contribution is 2.20. The average molecular weight is 256 g/mol. The lowest BCUT2D eigenvalue weighted by molar-refractivity contribution is 0.0696. The van der Waals surface area contributed by atoms with E-state index in [9.17, 15) is 4.79 Å². The van der Waals surface area contributed by atoms with Crippen LogP contribution in [-0.4, -0.2) is 21.6 Å². The van der Waals surface area contributed by atoms with Gasteiger partial charge in [-0.05, 0) is 19.3 Å². The molecular weight excluding hydrogens is 236 g/mol. The Hall–Kier alpha value is -0.940. The number of hydrogen-bond acceptors (Lipinski definition) is 4. The summed E-state index contributed by atoms with van der Waals surface area (Å²) in [5, 5.41) is 14.3. The summed E-state index contributed by atoms with van der Waals surface area (Å²) in [5.41, 5.74) is 0.958. The Morgan fingerprint density at radius 3 is 2.41 bits per heavy atom. The van der Waals surface area contributed by atoms with E-state index in [0.29, 0.717) is 6.54 Å². The van der Waals surface area contributed by atoms with Gasteiger partial charge in [0.25, 0.3) is 0 Å². The molecule has 1 rings (SSSR count). The van der Waals surface area contributed by atoms with Crippen molar-refractivity contribution in [2.45, 2.75) is 52.1 Å². The number of rotatable bonds is 7. The molecule has 0 saturated heterocycles. The van der Waals surface area contributed by atoms with E-state index in [0.717, 1.165) is 25.0 Å². The molecular formula is C12H20N2O2S. The second-order valence-corrected chi connectivity index (χ2v) is 5.00. The number of nitrogens with one attached hydrogen (secondary N) is 1. The lowest BCUT2D eigenvalue weighted by Crippen LogP contribution is -2.43. The number of thiazole rings is 1. The van der Waals surface area contributed by atoms with Crippen LogP contribution in [0, 0.1) is 0 Å². The Kier molecular flexibility index (Phi) is 5.08. The first-order chi connectivity index (χ1) is 8.06. The summed E-state index contributed by atoms with van der Waals surface area (Å²) in [7, 11) is 0. The van der Waals surface area contributed by atoms with Crippen molar-refractivity contribution in [3.8, 4) is 0 Å². The number of carboxylic acids is 1. The van der Waals surface area contributed by atoms with Crippen LogP contribution in [0.5, 0.6) is 0 Å². The quantitative estimate of drug-likeness (QED) is 0.787. The first-order valence-corrected chi connectivity index (χ1v) is 6.87. The molecule has 0 aliphatic rings. The predicted octanol–water partition coefficient (Wildman–Crippen LogP) is 2.90. The molecule has 2 N–H and O–H groups in total. The van der Waals surface area contributed by atoms with E-state index < -0.39 is 5.97 Å². The van der Waals surface area contributed by atoms with Crippen molar-refractivity contribution in [3.05, 3.63) is 16.1 Å². The van der Waals surface area contributed by atoms with Crippen LogP contribution in [0.3, 0.4) is 0 Å². The molecule has 1 aromatic heterocycles. The fraction of sp³-hybridized carbons (Fsp3) is 0.667. The SMILES string of the molecule is CCC(CC)(CC)NCc1csc(C(=O)O)n1. The van der Waals surface area contributed by atoms with Crippen LogP contribution in [-0.2, 0) is 6.54 Å². The summed E-state index contributed by atoms with van der Waals surface area (Å²) in [6.07, 6.45) is 3.20. The molecule has 0 atom stereocenters. The maximum Gasteiger partial charge on any atom is 0.365 e. The fourth-order valence-corrected chi connectivity index (χ4v) is 2.54. The molecule has 0 spiro atoms. The monoisotopic (exact) mass is 256 g/mol. The molecule has 0 radical (unpaired) electrons. The molecule has 0 amide bonds. The number of hydrogen-bond donors (Lipinski definition) is 2. The molecule has 4 nitrogen and oxygen atoms in total. The third-order valence-corrected chi connectivity index (χ3v) is 4.29. The highest BCUT2D eigenvalue weighted by atomic mass is 32.1. The van der Waals surface area contributed by atoms with Crippen LogP contribution in [0.25, 0.3) is 0 Å². The van der Waals surface area contributed by atoms with E-state index in [-0.39, 0.29) is 10.5 Å². The van der Waals surface area contributed by atoms with Gasteiger partial charge < -0.3 is 10.4 Å². The van der Waals surface area contributed by atoms with Gasteiger partial charge in [-0.2, -0.15) is 0 Å². The van der Waals surface area contributed by atoms with Gasteiger partial charge in [-0.15, -0.1) is 11.3 Å². The Morgan fingerprint density at radius 2 is 2.00 bits per heavy atom. The Labute approximate surface area is 106 Å². The standard InChI is InChI=1S/C12H20N2O2S/c1-4-12(5-2,6-3)13-7-9-8-17-10(14-9)11(15)16/h8,13H,4-7H2,1-3H3,(H,15,16). The van der Waals surface area contributed by atoms with Crippen molar-refractivity contribution in [2.75, 3.05) is 0 Å². The molecule has 0 fully saturated rings. The van der Waals surface area contributed by atoms with Gasteiger partial charge in [0.05, 0.1) is 5.69 Å². The van der Waals surface area contributed by atoms with E-state index in [4.69, 9.17) is 5.11 Å². The summed E-state index contributed by atoms with van der Waals surface area (Å²) in [4.78, 5) is 14.8. The summed E-state index contributed by atoms with van der Waals surface area (Å²) in [5.74, 6) is -0.950. The van der Waals surface area contributed by atoms with Crippen molar-refractivity contribution in [1.82, 2.24) is 10.3 Å². The molecule has 0 saturated carbocycles. The maximum atomic E-state index is 10.7. The van der Waals surface area contributed by atoms with Gasteiger partial charge in [-0.3, -0.25) is 0 Å². The minimum Gasteiger partial charge on any atom is -0.476 e. The molecule has 0 aliphatic carbocycles. The summed E-state index contributed by atoms with van der Waals surface area (Å²) < 4.78 is 0. The van der Waals surface area contributed by atoms with Gasteiger partial charge in [-0.1, -0.05) is 20.8 Å². The zero-order valence-electron chi connectivity index (χ0n) is 10.6. The molecule has 0 unspecified atom stereocenters. The van der Waals surface area contributed by atoms with Crippen LogP contribution in [0.15, 0.2) is 5.38 Å². The van der Waals surface area contributed by atoms with E-state index in [1.54, 1.807) is 0 Å². The van der Waals surface area contributed by atoms with Crippen molar-refractivity contribution in [1.29, 1.82) is 0 Å². The smallest absolute Gasteiger partial charge is 0.365 e. The van der Waals surface area contributed by atoms with Crippen molar-refractivity contribution in [2.24, 2.45) is 0 Å². The molecule has 0 bridgehead atoms. The van der Waals surface area contributed by atoms with E-state index in [1.807, 2.05) is 5.38 Å². The Balaban J connectivity index is 2.62. The van der Waals surface area contributed by atoms with Crippen molar-refractivity contribution < 1.29 is 9.90 Å². The lowest BCUT2D eigenvalue weighted by atomic mass is 9.90. The van der Waals surface area contributed by atoms with Gasteiger partial charge in [0.2, 0.25) is 5.01 Å². The third kappa shape index (κ3) is 3.51.